The molecular formula is C34H39ClN4O2. The number of methoxy groups -OCH3 is 1. The molecule has 0 unspecified atom stereocenters. The van der Waals surface area contributed by atoms with Gasteiger partial charge in [-0.1, -0.05) is 13.8 Å². The number of allylic oxidation sites excluding steroid dienone is 4. The van der Waals surface area contributed by atoms with Crippen LogP contribution >= 0.6 is 11.6 Å². The maximum atomic E-state index is 12.1. The van der Waals surface area contributed by atoms with E-state index in [1.54, 1.807) is 0 Å². The molecule has 41 heavy (non-hydrogen) atoms. The molecule has 0 radical (unpaired) electrons. The van der Waals surface area contributed by atoms with Crippen molar-refractivity contribution < 1.29 is 9.53 Å². The Morgan fingerprint density at radius 3 is 1.90 bits per heavy atom. The van der Waals surface area contributed by atoms with Crippen LogP contribution in [0.2, 0.25) is 0 Å². The van der Waals surface area contributed by atoms with Gasteiger partial charge in [0, 0.05) is 34.4 Å². The maximum Gasteiger partial charge on any atom is 0.305 e. The van der Waals surface area contributed by atoms with Crippen LogP contribution in [0.15, 0.2) is 24.3 Å². The summed E-state index contributed by atoms with van der Waals surface area (Å²) in [7, 11) is 1.43. The lowest BCUT2D eigenvalue weighted by atomic mass is 10.0. The highest BCUT2D eigenvalue weighted by Crippen LogP contribution is 2.37. The standard InChI is InChI=1S/C34H39ClN4O2/c1-8-22-18(3)26-14-27-21(6)25(12-13-35)33(38-27)16-29-20(5)24(10-11-34(40)41-7)32(39-29)15-28-19(4)23(9-2)31(37-28)17-30(22)36-26/h14-17,37,39H,8-13H2,1-7H3. The number of esters is 1. The van der Waals surface area contributed by atoms with Crippen molar-refractivity contribution >= 4 is 61.9 Å². The summed E-state index contributed by atoms with van der Waals surface area (Å²) in [5.74, 6) is 0.295. The zero-order chi connectivity index (χ0) is 29.4. The fourth-order valence-electron chi connectivity index (χ4n) is 6.18. The van der Waals surface area contributed by atoms with Crippen molar-refractivity contribution in [3.05, 3.63) is 69.3 Å². The minimum Gasteiger partial charge on any atom is -0.469 e. The number of fused-ring (bicyclic) bond motifs is 8. The molecule has 0 saturated heterocycles. The molecule has 5 heterocycles. The average Bonchev–Trinajstić information content (AvgIpc) is 3.61. The highest BCUT2D eigenvalue weighted by molar-refractivity contribution is 6.18. The minimum absolute atomic E-state index is 0.219. The lowest BCUT2D eigenvalue weighted by molar-refractivity contribution is -0.140. The van der Waals surface area contributed by atoms with Crippen LogP contribution in [0.1, 0.15) is 92.0 Å². The van der Waals surface area contributed by atoms with Gasteiger partial charge in [-0.15, -0.1) is 11.6 Å². The van der Waals surface area contributed by atoms with Crippen molar-refractivity contribution in [1.82, 2.24) is 19.9 Å². The van der Waals surface area contributed by atoms with Crippen molar-refractivity contribution in [2.75, 3.05) is 13.0 Å². The molecule has 0 saturated carbocycles. The Bertz CT molecular complexity index is 1770. The average molecular weight is 571 g/mol. The van der Waals surface area contributed by atoms with Crippen LogP contribution in [0.25, 0.3) is 44.4 Å². The van der Waals surface area contributed by atoms with E-state index >= 15 is 0 Å². The molecule has 5 rings (SSSR count). The molecule has 6 nitrogen and oxygen atoms in total. The lowest BCUT2D eigenvalue weighted by Crippen LogP contribution is -2.02. The van der Waals surface area contributed by atoms with Crippen LogP contribution in [0, 0.1) is 13.8 Å². The Kier molecular flexibility index (Phi) is 8.23. The topological polar surface area (TPSA) is 83.7 Å². The van der Waals surface area contributed by atoms with Crippen LogP contribution in [0.3, 0.4) is 0 Å². The summed E-state index contributed by atoms with van der Waals surface area (Å²) < 4.78 is 4.96. The Morgan fingerprint density at radius 2 is 1.29 bits per heavy atom. The van der Waals surface area contributed by atoms with Gasteiger partial charge in [0.25, 0.3) is 0 Å². The summed E-state index contributed by atoms with van der Waals surface area (Å²) in [6, 6.07) is 8.62. The first-order valence-electron chi connectivity index (χ1n) is 14.5. The van der Waals surface area contributed by atoms with Gasteiger partial charge in [0.15, 0.2) is 0 Å². The molecular weight excluding hydrogens is 532 g/mol. The molecule has 3 aromatic heterocycles. The van der Waals surface area contributed by atoms with Gasteiger partial charge in [0.2, 0.25) is 0 Å². The SMILES string of the molecule is CCC1=C(C)c2cc3nc(cc4[nH]c(cc5[nH]c(cc1n2)c(CC)c5C)c(CCC(=O)OC)c4C)C(CCCl)=C3C. The fraction of sp³-hybridized carbons (Fsp3) is 0.382. The second-order valence-corrected chi connectivity index (χ2v) is 11.3. The van der Waals surface area contributed by atoms with Crippen molar-refractivity contribution in [2.45, 2.75) is 73.6 Å². The van der Waals surface area contributed by atoms with Gasteiger partial charge in [-0.3, -0.25) is 4.79 Å². The number of rotatable bonds is 7. The Morgan fingerprint density at radius 1 is 0.732 bits per heavy atom. The van der Waals surface area contributed by atoms with Gasteiger partial charge >= 0.3 is 5.97 Å². The molecule has 0 aromatic carbocycles. The van der Waals surface area contributed by atoms with Gasteiger partial charge in [-0.05, 0) is 122 Å². The summed E-state index contributed by atoms with van der Waals surface area (Å²) in [6.45, 7) is 12.9. The lowest BCUT2D eigenvalue weighted by Gasteiger charge is -2.02. The summed E-state index contributed by atoms with van der Waals surface area (Å²) in [6.07, 6.45) is 3.42. The third-order valence-corrected chi connectivity index (χ3v) is 8.85. The van der Waals surface area contributed by atoms with E-state index in [1.807, 2.05) is 0 Å². The van der Waals surface area contributed by atoms with Crippen LogP contribution in [-0.2, 0) is 22.4 Å². The number of aryl methyl sites for hydroxylation is 4. The second-order valence-electron chi connectivity index (χ2n) is 10.9. The predicted molar refractivity (Wildman–Crippen MR) is 171 cm³/mol. The predicted octanol–water partition coefficient (Wildman–Crippen LogP) is 8.50. The number of hydrogen-bond donors (Lipinski definition) is 2. The molecule has 2 aliphatic heterocycles. The van der Waals surface area contributed by atoms with Gasteiger partial charge < -0.3 is 14.7 Å². The van der Waals surface area contributed by atoms with Crippen LogP contribution in [0.5, 0.6) is 0 Å². The van der Waals surface area contributed by atoms with E-state index in [4.69, 9.17) is 26.3 Å². The smallest absolute Gasteiger partial charge is 0.305 e. The number of hydrogen-bond acceptors (Lipinski definition) is 4. The molecule has 0 spiro atoms. The number of carbonyl (C=O) groups excluding carboxylic acids is 1. The molecule has 0 amide bonds. The Balaban J connectivity index is 1.93. The second kappa shape index (κ2) is 11.7. The van der Waals surface area contributed by atoms with Gasteiger partial charge in [-0.25, -0.2) is 9.97 Å². The molecule has 0 fully saturated rings. The number of alkyl halides is 1. The largest absolute Gasteiger partial charge is 0.469 e. The number of nitrogens with one attached hydrogen (secondary N) is 2. The summed E-state index contributed by atoms with van der Waals surface area (Å²) in [4.78, 5) is 29.7. The normalized spacial score (nSPS) is 13.4. The molecule has 2 aliphatic rings. The third kappa shape index (κ3) is 5.26. The number of nitrogens with zero attached hydrogens (tertiary/aromatic N) is 2. The summed E-state index contributed by atoms with van der Waals surface area (Å²) >= 11 is 6.27. The highest BCUT2D eigenvalue weighted by atomic mass is 35.5. The quantitative estimate of drug-likeness (QED) is 0.220. The van der Waals surface area contributed by atoms with E-state index < -0.39 is 0 Å². The molecule has 8 bridgehead atoms. The number of aromatic amines is 2. The van der Waals surface area contributed by atoms with Crippen molar-refractivity contribution in [3.63, 3.8) is 0 Å². The molecule has 0 aliphatic carbocycles. The third-order valence-electron chi connectivity index (χ3n) is 8.66. The number of H-pyrrole nitrogens is 2. The van der Waals surface area contributed by atoms with Crippen molar-refractivity contribution in [2.24, 2.45) is 0 Å². The van der Waals surface area contributed by atoms with Gasteiger partial charge in [-0.2, -0.15) is 0 Å². The van der Waals surface area contributed by atoms with Crippen molar-refractivity contribution in [3.8, 4) is 0 Å². The van der Waals surface area contributed by atoms with Crippen LogP contribution in [-0.4, -0.2) is 38.9 Å². The van der Waals surface area contributed by atoms with E-state index in [1.165, 1.54) is 29.4 Å². The zero-order valence-electron chi connectivity index (χ0n) is 25.1. The molecule has 214 valence electrons. The zero-order valence-corrected chi connectivity index (χ0v) is 25.9. The maximum absolute atomic E-state index is 12.1. The fourth-order valence-corrected chi connectivity index (χ4v) is 6.37. The molecule has 2 N–H and O–H groups in total. The highest BCUT2D eigenvalue weighted by Gasteiger charge is 2.21. The molecule has 0 atom stereocenters. The van der Waals surface area contributed by atoms with E-state index in [0.717, 1.165) is 86.4 Å². The first-order valence-corrected chi connectivity index (χ1v) is 15.0. The monoisotopic (exact) mass is 570 g/mol. The number of carbonyl (C=O) groups is 1. The summed E-state index contributed by atoms with van der Waals surface area (Å²) in [5.41, 5.74) is 17.3. The first kappa shape index (κ1) is 28.9. The minimum atomic E-state index is -0.219. The van der Waals surface area contributed by atoms with Crippen molar-refractivity contribution in [1.29, 1.82) is 0 Å². The first-order chi connectivity index (χ1) is 19.7. The number of halogens is 1. The van der Waals surface area contributed by atoms with E-state index in [0.29, 0.717) is 18.7 Å². The van der Waals surface area contributed by atoms with Gasteiger partial charge in [0.05, 0.1) is 29.9 Å². The Hall–Kier alpha value is -3.64. The van der Waals surface area contributed by atoms with Crippen LogP contribution in [0.4, 0.5) is 0 Å². The molecule has 7 heteroatoms. The van der Waals surface area contributed by atoms with E-state index in [2.05, 4.69) is 75.8 Å². The number of ether oxygens (including phenoxy) is 1. The number of aromatic nitrogens is 4. The summed E-state index contributed by atoms with van der Waals surface area (Å²) in [5, 5.41) is 0. The van der Waals surface area contributed by atoms with E-state index in [9.17, 15) is 4.79 Å². The van der Waals surface area contributed by atoms with E-state index in [-0.39, 0.29) is 5.97 Å². The van der Waals surface area contributed by atoms with Gasteiger partial charge in [0.1, 0.15) is 0 Å². The Labute approximate surface area is 246 Å². The molecule has 3 aromatic rings. The van der Waals surface area contributed by atoms with Crippen LogP contribution < -0.4 is 0 Å².